The van der Waals surface area contributed by atoms with Crippen LogP contribution in [-0.4, -0.2) is 56.3 Å². The molecule has 0 radical (unpaired) electrons. The maximum Gasteiger partial charge on any atom is 0.131 e. The molecule has 8 bridgehead atoms. The van der Waals surface area contributed by atoms with Gasteiger partial charge in [-0.25, -0.2) is 9.97 Å². The van der Waals surface area contributed by atoms with E-state index in [1.54, 1.807) is 0 Å². The number of benzene rings is 2. The number of H-pyrrole nitrogens is 2. The van der Waals surface area contributed by atoms with Gasteiger partial charge < -0.3 is 28.9 Å². The van der Waals surface area contributed by atoms with Crippen molar-refractivity contribution < 1.29 is 18.9 Å². The second kappa shape index (κ2) is 33.1. The third kappa shape index (κ3) is 16.5. The smallest absolute Gasteiger partial charge is 0.131 e. The number of hydrogen-bond acceptors (Lipinski definition) is 8. The highest BCUT2D eigenvalue weighted by Crippen LogP contribution is 2.47. The van der Waals surface area contributed by atoms with E-state index in [4.69, 9.17) is 28.9 Å². The Bertz CT molecular complexity index is 3080. The zero-order valence-corrected chi connectivity index (χ0v) is 50.9. The maximum atomic E-state index is 6.92. The van der Waals surface area contributed by atoms with Crippen molar-refractivity contribution in [2.75, 3.05) is 26.4 Å². The number of aromatic amines is 2. The normalized spacial score (nSPS) is 11.9. The summed E-state index contributed by atoms with van der Waals surface area (Å²) in [6.45, 7) is 11.5. The first-order valence-corrected chi connectivity index (χ1v) is 32.3. The van der Waals surface area contributed by atoms with Crippen molar-refractivity contribution in [1.29, 1.82) is 0 Å². The number of nitrogens with one attached hydrogen (secondary N) is 2. The van der Waals surface area contributed by atoms with Crippen LogP contribution in [0.5, 0.6) is 23.0 Å². The molecule has 0 aliphatic carbocycles. The third-order valence-corrected chi connectivity index (χ3v) is 16.2. The summed E-state index contributed by atoms with van der Waals surface area (Å²) in [5.41, 5.74) is 14.2. The molecule has 2 N–H and O–H groups in total. The van der Waals surface area contributed by atoms with Crippen LogP contribution in [0.3, 0.4) is 0 Å². The lowest BCUT2D eigenvalue weighted by molar-refractivity contribution is 0.292. The van der Waals surface area contributed by atoms with Gasteiger partial charge in [0.25, 0.3) is 0 Å². The quantitative estimate of drug-likeness (QED) is 0.0373. The SMILES string of the molecule is CCCCCCCCOc1cccc(OCCCCCCCC)c1-c1c2nc(c(-c3ccncc3)c3ccc([nH]3)c(-c3c(OCCCCCCCC)cccc3OCCCCCCCC)c3nc(c(-c4ccncc4)c4ccc1[nH]4)C=C3)C=C2. The molecular formula is C74H92N6O4. The lowest BCUT2D eigenvalue weighted by Crippen LogP contribution is -2.04. The van der Waals surface area contributed by atoms with Crippen LogP contribution in [0.15, 0.2) is 110 Å². The average molecular weight is 1130 g/mol. The minimum absolute atomic E-state index is 0.602. The van der Waals surface area contributed by atoms with E-state index < -0.39 is 0 Å². The van der Waals surface area contributed by atoms with Gasteiger partial charge in [-0.2, -0.15) is 0 Å². The number of ether oxygens (including phenoxy) is 4. The molecule has 2 aliphatic heterocycles. The Morgan fingerprint density at radius 2 is 0.548 bits per heavy atom. The summed E-state index contributed by atoms with van der Waals surface area (Å²) in [7, 11) is 0. The van der Waals surface area contributed by atoms with Crippen LogP contribution >= 0.6 is 0 Å². The zero-order valence-electron chi connectivity index (χ0n) is 50.9. The fourth-order valence-electron chi connectivity index (χ4n) is 11.6. The Morgan fingerprint density at radius 1 is 0.286 bits per heavy atom. The number of rotatable bonds is 36. The van der Waals surface area contributed by atoms with Crippen LogP contribution in [0, 0.1) is 0 Å². The van der Waals surface area contributed by atoms with E-state index in [0.717, 1.165) is 164 Å². The summed E-state index contributed by atoms with van der Waals surface area (Å²) in [6.07, 6.45) is 44.2. The molecule has 2 aromatic carbocycles. The summed E-state index contributed by atoms with van der Waals surface area (Å²) < 4.78 is 27.7. The highest BCUT2D eigenvalue weighted by molar-refractivity contribution is 6.02. The monoisotopic (exact) mass is 1130 g/mol. The van der Waals surface area contributed by atoms with Gasteiger partial charge >= 0.3 is 0 Å². The second-order valence-electron chi connectivity index (χ2n) is 22.7. The van der Waals surface area contributed by atoms with Crippen LogP contribution in [-0.2, 0) is 0 Å². The summed E-state index contributed by atoms with van der Waals surface area (Å²) in [5, 5.41) is 0. The van der Waals surface area contributed by atoms with Crippen LogP contribution in [0.1, 0.15) is 205 Å². The lowest BCUT2D eigenvalue weighted by Gasteiger charge is -2.18. The highest BCUT2D eigenvalue weighted by atomic mass is 16.5. The van der Waals surface area contributed by atoms with Crippen LogP contribution in [0.4, 0.5) is 0 Å². The van der Waals surface area contributed by atoms with Crippen molar-refractivity contribution >= 4 is 46.4 Å². The summed E-state index contributed by atoms with van der Waals surface area (Å²) in [4.78, 5) is 28.3. The van der Waals surface area contributed by atoms with Gasteiger partial charge in [-0.05, 0) is 134 Å². The second-order valence-corrected chi connectivity index (χ2v) is 22.7. The van der Waals surface area contributed by atoms with Gasteiger partial charge in [0.05, 0.1) is 60.3 Å². The molecule has 0 saturated carbocycles. The Balaban J connectivity index is 1.28. The molecule has 442 valence electrons. The third-order valence-electron chi connectivity index (χ3n) is 16.2. The van der Waals surface area contributed by atoms with Crippen molar-refractivity contribution in [1.82, 2.24) is 29.9 Å². The predicted octanol–water partition coefficient (Wildman–Crippen LogP) is 21.1. The lowest BCUT2D eigenvalue weighted by atomic mass is 10.0. The fourth-order valence-corrected chi connectivity index (χ4v) is 11.6. The average Bonchev–Trinajstić information content (AvgIpc) is 4.28. The van der Waals surface area contributed by atoms with Gasteiger partial charge in [0.1, 0.15) is 23.0 Å². The minimum atomic E-state index is 0.602. The van der Waals surface area contributed by atoms with E-state index in [2.05, 4.69) is 157 Å². The molecule has 2 aliphatic rings. The van der Waals surface area contributed by atoms with E-state index in [1.807, 2.05) is 24.8 Å². The topological polar surface area (TPSA) is 120 Å². The van der Waals surface area contributed by atoms with E-state index in [1.165, 1.54) is 103 Å². The first-order chi connectivity index (χ1) is 41.6. The maximum absolute atomic E-state index is 6.92. The molecule has 84 heavy (non-hydrogen) atoms. The minimum Gasteiger partial charge on any atom is -0.493 e. The molecule has 10 heteroatoms. The molecule has 7 heterocycles. The number of unbranched alkanes of at least 4 members (excludes halogenated alkanes) is 20. The molecule has 0 spiro atoms. The van der Waals surface area contributed by atoms with Crippen molar-refractivity contribution in [3.05, 3.63) is 132 Å². The number of pyridine rings is 2. The molecule has 10 nitrogen and oxygen atoms in total. The number of hydrogen-bond donors (Lipinski definition) is 2. The summed E-state index contributed by atoms with van der Waals surface area (Å²) >= 11 is 0. The summed E-state index contributed by atoms with van der Waals surface area (Å²) in [6, 6.07) is 29.5. The van der Waals surface area contributed by atoms with Gasteiger partial charge in [-0.3, -0.25) is 9.97 Å². The molecule has 0 unspecified atom stereocenters. The Labute approximate surface area is 501 Å². The Kier molecular flexibility index (Phi) is 24.1. The standard InChI is InChI=1S/C74H92N6O4/c1-5-9-13-17-21-25-51-81-65-31-29-32-66(82-52-26-22-18-14-10-6-2)73(65)71-61-39-35-57(77-61)69(55-43-47-75-48-44-55)59-37-41-63(79-59)72(64-42-38-60(80-64)70(56-45-49-76-50-46-56)58-36-40-62(71)78-58)74-67(83-53-27-23-19-15-11-7-3)33-30-34-68(74)84-54-28-24-20-16-12-8-4/h29-50,77,80H,5-28,51-54H2,1-4H3. The Hall–Kier alpha value is -7.46. The number of nitrogens with zero attached hydrogens (tertiary/aromatic N) is 4. The van der Waals surface area contributed by atoms with Crippen molar-refractivity contribution in [2.24, 2.45) is 0 Å². The summed E-state index contributed by atoms with van der Waals surface area (Å²) in [5.74, 6) is 3.10. The van der Waals surface area contributed by atoms with Gasteiger partial charge in [0.2, 0.25) is 0 Å². The van der Waals surface area contributed by atoms with Crippen LogP contribution < -0.4 is 18.9 Å². The zero-order chi connectivity index (χ0) is 58.0. The Morgan fingerprint density at radius 3 is 0.845 bits per heavy atom. The fraction of sp³-hybridized carbons (Fsp3) is 0.432. The first-order valence-electron chi connectivity index (χ1n) is 32.3. The molecule has 5 aromatic heterocycles. The van der Waals surface area contributed by atoms with E-state index in [0.29, 0.717) is 26.4 Å². The van der Waals surface area contributed by atoms with Gasteiger partial charge in [-0.15, -0.1) is 0 Å². The molecule has 0 atom stereocenters. The number of fused-ring (bicyclic) bond motifs is 8. The van der Waals surface area contributed by atoms with Gasteiger partial charge in [0, 0.05) is 69.1 Å². The van der Waals surface area contributed by atoms with E-state index >= 15 is 0 Å². The van der Waals surface area contributed by atoms with E-state index in [9.17, 15) is 0 Å². The van der Waals surface area contributed by atoms with Crippen molar-refractivity contribution in [3.8, 4) is 67.5 Å². The van der Waals surface area contributed by atoms with E-state index in [-0.39, 0.29) is 0 Å². The largest absolute Gasteiger partial charge is 0.493 e. The first kappa shape index (κ1) is 61.1. The van der Waals surface area contributed by atoms with Crippen molar-refractivity contribution in [3.63, 3.8) is 0 Å². The van der Waals surface area contributed by atoms with Gasteiger partial charge in [-0.1, -0.05) is 168 Å². The van der Waals surface area contributed by atoms with Crippen molar-refractivity contribution in [2.45, 2.75) is 182 Å². The predicted molar refractivity (Wildman–Crippen MR) is 352 cm³/mol. The van der Waals surface area contributed by atoms with Crippen LogP contribution in [0.25, 0.3) is 90.9 Å². The molecule has 0 fully saturated rings. The number of aromatic nitrogens is 6. The molecule has 7 aromatic rings. The molecule has 0 saturated heterocycles. The van der Waals surface area contributed by atoms with Crippen LogP contribution in [0.2, 0.25) is 0 Å². The van der Waals surface area contributed by atoms with Gasteiger partial charge in [0.15, 0.2) is 0 Å². The molecule has 9 rings (SSSR count). The highest BCUT2D eigenvalue weighted by Gasteiger charge is 2.25. The molecular weight excluding hydrogens is 1040 g/mol. The molecule has 0 amide bonds.